The summed E-state index contributed by atoms with van der Waals surface area (Å²) in [6.45, 7) is 4.39. The van der Waals surface area contributed by atoms with E-state index in [1.54, 1.807) is 26.2 Å². The van der Waals surface area contributed by atoms with Gasteiger partial charge in [0, 0.05) is 12.2 Å². The van der Waals surface area contributed by atoms with Crippen LogP contribution in [0.2, 0.25) is 0 Å². The number of nitrogens with one attached hydrogen (secondary N) is 2. The predicted octanol–water partition coefficient (Wildman–Crippen LogP) is 2.62. The smallest absolute Gasteiger partial charge is 0.260 e. The molecular weight excluding hydrogens is 292 g/mol. The van der Waals surface area contributed by atoms with Crippen molar-refractivity contribution >= 4 is 5.91 Å². The number of carbonyl (C=O) groups excluding carboxylic acids is 1. The highest BCUT2D eigenvalue weighted by molar-refractivity contribution is 5.93. The van der Waals surface area contributed by atoms with Crippen LogP contribution in [0.4, 0.5) is 0 Å². The van der Waals surface area contributed by atoms with Gasteiger partial charge in [-0.2, -0.15) is 0 Å². The standard InChI is InChI=1S/C18H22N2O3/c1-12(14-5-7-15(23-3)8-6-14)10-11-19-17(21)16-9-4-13(2)20-18(16)22/h4-9,12H,10-11H2,1-3H3,(H,19,21)(H,20,22). The molecule has 2 N–H and O–H groups in total. The minimum atomic E-state index is -0.356. The Morgan fingerprint density at radius 1 is 1.22 bits per heavy atom. The molecular formula is C18H22N2O3. The summed E-state index contributed by atoms with van der Waals surface area (Å²) >= 11 is 0. The maximum Gasteiger partial charge on any atom is 0.260 e. The molecule has 1 aromatic carbocycles. The zero-order valence-electron chi connectivity index (χ0n) is 13.7. The van der Waals surface area contributed by atoms with Gasteiger partial charge in [-0.3, -0.25) is 9.59 Å². The van der Waals surface area contributed by atoms with Crippen LogP contribution in [0.3, 0.4) is 0 Å². The predicted molar refractivity (Wildman–Crippen MR) is 90.2 cm³/mol. The van der Waals surface area contributed by atoms with Crippen molar-refractivity contribution < 1.29 is 9.53 Å². The van der Waals surface area contributed by atoms with Crippen molar-refractivity contribution in [1.82, 2.24) is 10.3 Å². The average molecular weight is 314 g/mol. The number of ether oxygens (including phenoxy) is 1. The van der Waals surface area contributed by atoms with Gasteiger partial charge in [0.05, 0.1) is 7.11 Å². The van der Waals surface area contributed by atoms with Crippen LogP contribution in [-0.2, 0) is 0 Å². The molecule has 0 aliphatic carbocycles. The minimum Gasteiger partial charge on any atom is -0.497 e. The summed E-state index contributed by atoms with van der Waals surface area (Å²) in [5, 5.41) is 2.80. The summed E-state index contributed by atoms with van der Waals surface area (Å²) in [6, 6.07) is 11.2. The van der Waals surface area contributed by atoms with E-state index in [1.807, 2.05) is 24.3 Å². The zero-order valence-corrected chi connectivity index (χ0v) is 13.7. The Morgan fingerprint density at radius 3 is 2.52 bits per heavy atom. The highest BCUT2D eigenvalue weighted by atomic mass is 16.5. The molecule has 122 valence electrons. The lowest BCUT2D eigenvalue weighted by atomic mass is 9.98. The Hall–Kier alpha value is -2.56. The van der Waals surface area contributed by atoms with E-state index in [4.69, 9.17) is 4.74 Å². The number of hydrogen-bond donors (Lipinski definition) is 2. The van der Waals surface area contributed by atoms with Crippen molar-refractivity contribution in [3.63, 3.8) is 0 Å². The van der Waals surface area contributed by atoms with E-state index in [0.717, 1.165) is 17.9 Å². The zero-order chi connectivity index (χ0) is 16.8. The second-order valence-corrected chi connectivity index (χ2v) is 5.60. The number of methoxy groups -OCH3 is 1. The molecule has 0 saturated heterocycles. The number of H-pyrrole nitrogens is 1. The number of aromatic amines is 1. The Kier molecular flexibility index (Phi) is 5.57. The van der Waals surface area contributed by atoms with Crippen LogP contribution < -0.4 is 15.6 Å². The summed E-state index contributed by atoms with van der Waals surface area (Å²) < 4.78 is 5.14. The van der Waals surface area contributed by atoms with E-state index >= 15 is 0 Å². The molecule has 2 aromatic rings. The van der Waals surface area contributed by atoms with E-state index in [1.165, 1.54) is 5.56 Å². The fourth-order valence-electron chi connectivity index (χ4n) is 2.35. The van der Waals surface area contributed by atoms with Gasteiger partial charge in [0.15, 0.2) is 0 Å². The molecule has 1 heterocycles. The average Bonchev–Trinajstić information content (AvgIpc) is 2.54. The molecule has 1 unspecified atom stereocenters. The first-order valence-electron chi connectivity index (χ1n) is 7.63. The van der Waals surface area contributed by atoms with Crippen LogP contribution in [0.25, 0.3) is 0 Å². The lowest BCUT2D eigenvalue weighted by Crippen LogP contribution is -2.30. The number of aryl methyl sites for hydroxylation is 1. The Morgan fingerprint density at radius 2 is 1.91 bits per heavy atom. The van der Waals surface area contributed by atoms with E-state index in [2.05, 4.69) is 17.2 Å². The van der Waals surface area contributed by atoms with Crippen molar-refractivity contribution in [3.8, 4) is 5.75 Å². The fourth-order valence-corrected chi connectivity index (χ4v) is 2.35. The molecule has 0 aliphatic rings. The van der Waals surface area contributed by atoms with Crippen molar-refractivity contribution in [2.75, 3.05) is 13.7 Å². The number of pyridine rings is 1. The van der Waals surface area contributed by atoms with E-state index in [9.17, 15) is 9.59 Å². The van der Waals surface area contributed by atoms with Crippen LogP contribution in [0.5, 0.6) is 5.75 Å². The molecule has 1 amide bonds. The number of carbonyl (C=O) groups is 1. The van der Waals surface area contributed by atoms with Crippen LogP contribution in [-0.4, -0.2) is 24.5 Å². The van der Waals surface area contributed by atoms with E-state index in [-0.39, 0.29) is 17.0 Å². The highest BCUT2D eigenvalue weighted by Crippen LogP contribution is 2.21. The molecule has 5 heteroatoms. The second-order valence-electron chi connectivity index (χ2n) is 5.60. The SMILES string of the molecule is COc1ccc(C(C)CCNC(=O)c2ccc(C)[nH]c2=O)cc1. The molecule has 2 rings (SSSR count). The lowest BCUT2D eigenvalue weighted by molar-refractivity contribution is 0.0951. The Balaban J connectivity index is 1.88. The Labute approximate surface area is 135 Å². The number of hydrogen-bond acceptors (Lipinski definition) is 3. The monoisotopic (exact) mass is 314 g/mol. The molecule has 0 saturated carbocycles. The van der Waals surface area contributed by atoms with Gasteiger partial charge in [0.25, 0.3) is 11.5 Å². The summed E-state index contributed by atoms with van der Waals surface area (Å²) in [6.07, 6.45) is 0.793. The van der Waals surface area contributed by atoms with Gasteiger partial charge in [-0.15, -0.1) is 0 Å². The van der Waals surface area contributed by atoms with Crippen molar-refractivity contribution in [1.29, 1.82) is 0 Å². The molecule has 1 atom stereocenters. The summed E-state index contributed by atoms with van der Waals surface area (Å²) in [5.41, 5.74) is 1.71. The van der Waals surface area contributed by atoms with Crippen molar-refractivity contribution in [2.45, 2.75) is 26.2 Å². The highest BCUT2D eigenvalue weighted by Gasteiger charge is 2.11. The first-order valence-corrected chi connectivity index (χ1v) is 7.63. The van der Waals surface area contributed by atoms with Gasteiger partial charge < -0.3 is 15.0 Å². The molecule has 0 aliphatic heterocycles. The summed E-state index contributed by atoms with van der Waals surface area (Å²) in [5.74, 6) is 0.790. The van der Waals surface area contributed by atoms with Gasteiger partial charge in [0.1, 0.15) is 11.3 Å². The lowest BCUT2D eigenvalue weighted by Gasteiger charge is -2.13. The molecule has 0 radical (unpaired) electrons. The number of aromatic nitrogens is 1. The number of amides is 1. The molecule has 0 bridgehead atoms. The quantitative estimate of drug-likeness (QED) is 0.861. The number of benzene rings is 1. The van der Waals surface area contributed by atoms with Gasteiger partial charge in [-0.25, -0.2) is 0 Å². The topological polar surface area (TPSA) is 71.2 Å². The van der Waals surface area contributed by atoms with Crippen LogP contribution in [0.1, 0.15) is 40.9 Å². The van der Waals surface area contributed by atoms with Crippen LogP contribution in [0.15, 0.2) is 41.2 Å². The largest absolute Gasteiger partial charge is 0.497 e. The van der Waals surface area contributed by atoms with Gasteiger partial charge >= 0.3 is 0 Å². The van der Waals surface area contributed by atoms with Crippen molar-refractivity contribution in [3.05, 3.63) is 63.6 Å². The van der Waals surface area contributed by atoms with E-state index in [0.29, 0.717) is 12.5 Å². The maximum absolute atomic E-state index is 12.0. The molecule has 0 spiro atoms. The third kappa shape index (κ3) is 4.45. The number of rotatable bonds is 6. The van der Waals surface area contributed by atoms with Gasteiger partial charge in [-0.1, -0.05) is 19.1 Å². The first-order chi connectivity index (χ1) is 11.0. The molecule has 5 nitrogen and oxygen atoms in total. The van der Waals surface area contributed by atoms with Crippen LogP contribution >= 0.6 is 0 Å². The van der Waals surface area contributed by atoms with Gasteiger partial charge in [-0.05, 0) is 49.1 Å². The normalized spacial score (nSPS) is 11.8. The second kappa shape index (κ2) is 7.63. The fraction of sp³-hybridized carbons (Fsp3) is 0.333. The third-order valence-electron chi connectivity index (χ3n) is 3.85. The molecule has 1 aromatic heterocycles. The first kappa shape index (κ1) is 16.8. The molecule has 23 heavy (non-hydrogen) atoms. The third-order valence-corrected chi connectivity index (χ3v) is 3.85. The summed E-state index contributed by atoms with van der Waals surface area (Å²) in [7, 11) is 1.64. The van der Waals surface area contributed by atoms with Gasteiger partial charge in [0.2, 0.25) is 0 Å². The maximum atomic E-state index is 12.0. The van der Waals surface area contributed by atoms with Crippen molar-refractivity contribution in [2.24, 2.45) is 0 Å². The summed E-state index contributed by atoms with van der Waals surface area (Å²) in [4.78, 5) is 26.4. The van der Waals surface area contributed by atoms with Crippen LogP contribution in [0, 0.1) is 6.92 Å². The van der Waals surface area contributed by atoms with E-state index < -0.39 is 0 Å². The minimum absolute atomic E-state index is 0.146. The Bertz CT molecular complexity index is 720. The molecule has 0 fully saturated rings.